The Balaban J connectivity index is 1.83. The van der Waals surface area contributed by atoms with E-state index >= 15 is 0 Å². The predicted octanol–water partition coefficient (Wildman–Crippen LogP) is 4.90. The van der Waals surface area contributed by atoms with Gasteiger partial charge in [0.2, 0.25) is 5.91 Å². The minimum Gasteiger partial charge on any atom is -0.493 e. The second-order valence-electron chi connectivity index (χ2n) is 6.55. The lowest BCUT2D eigenvalue weighted by molar-refractivity contribution is -0.119. The Morgan fingerprint density at radius 2 is 1.96 bits per heavy atom. The quantitative estimate of drug-likeness (QED) is 0.743. The van der Waals surface area contributed by atoms with Crippen LogP contribution in [-0.2, 0) is 4.79 Å². The van der Waals surface area contributed by atoms with Gasteiger partial charge in [-0.05, 0) is 44.0 Å². The van der Waals surface area contributed by atoms with Gasteiger partial charge in [-0.1, -0.05) is 41.4 Å². The third kappa shape index (κ3) is 2.86. The molecule has 0 spiro atoms. The molecule has 2 aliphatic heterocycles. The number of amides is 1. The van der Waals surface area contributed by atoms with Gasteiger partial charge in [0.1, 0.15) is 11.9 Å². The van der Waals surface area contributed by atoms with Crippen LogP contribution in [0.5, 0.6) is 5.75 Å². The standard InChI is InChI=1S/C20H20Cl2N2O2/c1-2-26-18-8-4-3-6-14(18)19-23-11-5-7-17(23)20(25)24(19)13-9-10-15(21)16(22)12-13/h3-4,6,8-10,12,17,19H,2,5,7,11H2,1H3/t17-,19+/m0/s1. The van der Waals surface area contributed by atoms with E-state index in [4.69, 9.17) is 27.9 Å². The molecule has 2 aromatic carbocycles. The molecule has 0 aliphatic carbocycles. The van der Waals surface area contributed by atoms with Crippen LogP contribution in [0.2, 0.25) is 10.0 Å². The number of nitrogens with zero attached hydrogens (tertiary/aromatic N) is 2. The van der Waals surface area contributed by atoms with Crippen molar-refractivity contribution in [2.75, 3.05) is 18.1 Å². The van der Waals surface area contributed by atoms with Gasteiger partial charge in [0.15, 0.2) is 0 Å². The van der Waals surface area contributed by atoms with E-state index in [0.717, 1.165) is 36.4 Å². The van der Waals surface area contributed by atoms with Crippen LogP contribution in [0, 0.1) is 0 Å². The van der Waals surface area contributed by atoms with Gasteiger partial charge in [-0.2, -0.15) is 0 Å². The fourth-order valence-corrected chi connectivity index (χ4v) is 4.27. The number of ether oxygens (including phenoxy) is 1. The first-order valence-electron chi connectivity index (χ1n) is 8.87. The van der Waals surface area contributed by atoms with Gasteiger partial charge in [-0.25, -0.2) is 0 Å². The summed E-state index contributed by atoms with van der Waals surface area (Å²) in [5, 5.41) is 0.926. The van der Waals surface area contributed by atoms with E-state index in [1.807, 2.05) is 42.2 Å². The van der Waals surface area contributed by atoms with E-state index in [1.165, 1.54) is 0 Å². The molecule has 2 fully saturated rings. The Kier molecular flexibility index (Phi) is 4.82. The highest BCUT2D eigenvalue weighted by atomic mass is 35.5. The van der Waals surface area contributed by atoms with Crippen molar-refractivity contribution in [3.8, 4) is 5.75 Å². The number of para-hydroxylation sites is 1. The summed E-state index contributed by atoms with van der Waals surface area (Å²) in [7, 11) is 0. The van der Waals surface area contributed by atoms with Gasteiger partial charge in [-0.3, -0.25) is 14.6 Å². The van der Waals surface area contributed by atoms with Crippen molar-refractivity contribution in [3.63, 3.8) is 0 Å². The molecule has 2 saturated heterocycles. The number of hydrogen-bond acceptors (Lipinski definition) is 3. The summed E-state index contributed by atoms with van der Waals surface area (Å²) in [5.74, 6) is 0.919. The highest BCUT2D eigenvalue weighted by Crippen LogP contribution is 2.45. The van der Waals surface area contributed by atoms with Crippen LogP contribution in [0.4, 0.5) is 5.69 Å². The highest BCUT2D eigenvalue weighted by molar-refractivity contribution is 6.42. The summed E-state index contributed by atoms with van der Waals surface area (Å²) in [6, 6.07) is 13.2. The lowest BCUT2D eigenvalue weighted by Gasteiger charge is -2.31. The number of carbonyl (C=O) groups excluding carboxylic acids is 1. The third-order valence-electron chi connectivity index (χ3n) is 5.05. The predicted molar refractivity (Wildman–Crippen MR) is 104 cm³/mol. The number of anilines is 1. The molecule has 26 heavy (non-hydrogen) atoms. The zero-order chi connectivity index (χ0) is 18.3. The number of carbonyl (C=O) groups is 1. The summed E-state index contributed by atoms with van der Waals surface area (Å²) in [6.45, 7) is 3.43. The maximum atomic E-state index is 13.2. The number of fused-ring (bicyclic) bond motifs is 1. The molecular weight excluding hydrogens is 371 g/mol. The Labute approximate surface area is 163 Å². The van der Waals surface area contributed by atoms with E-state index < -0.39 is 0 Å². The largest absolute Gasteiger partial charge is 0.493 e. The van der Waals surface area contributed by atoms with Gasteiger partial charge >= 0.3 is 0 Å². The fraction of sp³-hybridized carbons (Fsp3) is 0.350. The molecule has 0 radical (unpaired) electrons. The summed E-state index contributed by atoms with van der Waals surface area (Å²) in [4.78, 5) is 17.3. The topological polar surface area (TPSA) is 32.8 Å². The van der Waals surface area contributed by atoms with Crippen LogP contribution >= 0.6 is 23.2 Å². The summed E-state index contributed by atoms with van der Waals surface area (Å²) in [6.07, 6.45) is 1.71. The second-order valence-corrected chi connectivity index (χ2v) is 7.36. The van der Waals surface area contributed by atoms with Crippen LogP contribution < -0.4 is 9.64 Å². The molecule has 2 atom stereocenters. The van der Waals surface area contributed by atoms with Crippen molar-refractivity contribution in [2.24, 2.45) is 0 Å². The zero-order valence-corrected chi connectivity index (χ0v) is 16.0. The summed E-state index contributed by atoms with van der Waals surface area (Å²) in [5.41, 5.74) is 1.76. The van der Waals surface area contributed by atoms with Gasteiger partial charge in [0, 0.05) is 17.8 Å². The van der Waals surface area contributed by atoms with Gasteiger partial charge < -0.3 is 4.74 Å². The minimum atomic E-state index is -0.199. The first kappa shape index (κ1) is 17.7. The van der Waals surface area contributed by atoms with Crippen LogP contribution in [0.25, 0.3) is 0 Å². The lowest BCUT2D eigenvalue weighted by Crippen LogP contribution is -2.32. The fourth-order valence-electron chi connectivity index (χ4n) is 3.98. The molecule has 0 N–H and O–H groups in total. The lowest BCUT2D eigenvalue weighted by atomic mass is 10.1. The molecule has 6 heteroatoms. The van der Waals surface area contributed by atoms with E-state index in [1.54, 1.807) is 12.1 Å². The maximum absolute atomic E-state index is 13.2. The molecule has 4 nitrogen and oxygen atoms in total. The molecule has 1 amide bonds. The normalized spacial score (nSPS) is 22.7. The SMILES string of the molecule is CCOc1ccccc1[C@H]1N(c2ccc(Cl)c(Cl)c2)C(=O)[C@@H]2CCCN21. The van der Waals surface area contributed by atoms with Crippen molar-refractivity contribution in [2.45, 2.75) is 32.0 Å². The third-order valence-corrected chi connectivity index (χ3v) is 5.79. The molecule has 0 saturated carbocycles. The Bertz CT molecular complexity index is 842. The molecule has 0 unspecified atom stereocenters. The smallest absolute Gasteiger partial charge is 0.246 e. The first-order valence-corrected chi connectivity index (χ1v) is 9.63. The number of benzene rings is 2. The zero-order valence-electron chi connectivity index (χ0n) is 14.5. The number of halogens is 2. The first-order chi connectivity index (χ1) is 12.6. The summed E-state index contributed by atoms with van der Waals surface area (Å²) < 4.78 is 5.85. The molecule has 0 bridgehead atoms. The van der Waals surface area contributed by atoms with Crippen LogP contribution in [0.1, 0.15) is 31.5 Å². The van der Waals surface area contributed by atoms with Crippen LogP contribution in [0.3, 0.4) is 0 Å². The average Bonchev–Trinajstić information content (AvgIpc) is 3.21. The molecule has 136 valence electrons. The van der Waals surface area contributed by atoms with Crippen molar-refractivity contribution >= 4 is 34.8 Å². The molecule has 2 aromatic rings. The number of rotatable bonds is 4. The van der Waals surface area contributed by atoms with E-state index in [2.05, 4.69) is 4.90 Å². The average molecular weight is 391 g/mol. The molecular formula is C20H20Cl2N2O2. The Hall–Kier alpha value is -1.75. The van der Waals surface area contributed by atoms with E-state index in [9.17, 15) is 4.79 Å². The highest BCUT2D eigenvalue weighted by Gasteiger charge is 2.50. The van der Waals surface area contributed by atoms with Crippen molar-refractivity contribution < 1.29 is 9.53 Å². The molecule has 2 aliphatic rings. The van der Waals surface area contributed by atoms with Gasteiger partial charge in [-0.15, -0.1) is 0 Å². The van der Waals surface area contributed by atoms with Crippen molar-refractivity contribution in [3.05, 3.63) is 58.1 Å². The van der Waals surface area contributed by atoms with Crippen LogP contribution in [-0.4, -0.2) is 30.0 Å². The van der Waals surface area contributed by atoms with Crippen molar-refractivity contribution in [1.82, 2.24) is 4.90 Å². The monoisotopic (exact) mass is 390 g/mol. The maximum Gasteiger partial charge on any atom is 0.246 e. The number of hydrogen-bond donors (Lipinski definition) is 0. The molecule has 0 aromatic heterocycles. The van der Waals surface area contributed by atoms with Gasteiger partial charge in [0.05, 0.1) is 22.7 Å². The van der Waals surface area contributed by atoms with Gasteiger partial charge in [0.25, 0.3) is 0 Å². The summed E-state index contributed by atoms with van der Waals surface area (Å²) >= 11 is 12.3. The second kappa shape index (κ2) is 7.10. The van der Waals surface area contributed by atoms with Crippen molar-refractivity contribution in [1.29, 1.82) is 0 Å². The van der Waals surface area contributed by atoms with Crippen LogP contribution in [0.15, 0.2) is 42.5 Å². The van der Waals surface area contributed by atoms with E-state index in [-0.39, 0.29) is 18.1 Å². The Morgan fingerprint density at radius 3 is 2.73 bits per heavy atom. The molecule has 4 rings (SSSR count). The minimum absolute atomic E-state index is 0.0934. The van der Waals surface area contributed by atoms with E-state index in [0.29, 0.717) is 16.7 Å². The Morgan fingerprint density at radius 1 is 1.15 bits per heavy atom. The molecule has 2 heterocycles.